The smallest absolute Gasteiger partial charge is 0.164 e. The molecule has 0 atom stereocenters. The van der Waals surface area contributed by atoms with E-state index in [0.29, 0.717) is 17.9 Å². The third-order valence-corrected chi connectivity index (χ3v) is 2.79. The van der Waals surface area contributed by atoms with Crippen LogP contribution in [0.1, 0.15) is 22.3 Å². The maximum atomic E-state index is 11.4. The number of aliphatic hydroxyl groups excluding tert-OH is 1. The summed E-state index contributed by atoms with van der Waals surface area (Å²) < 4.78 is 0.750. The number of rotatable bonds is 4. The van der Waals surface area contributed by atoms with Gasteiger partial charge in [0, 0.05) is 22.3 Å². The molecule has 0 aliphatic carbocycles. The number of Topliss-reactive ketones (excluding diaryl/α,β-unsaturated/α-hetero) is 1. The number of carbonyl (C=O) groups excluding carboxylic acids is 1. The lowest BCUT2D eigenvalue weighted by molar-refractivity contribution is 0.0989. The van der Waals surface area contributed by atoms with E-state index < -0.39 is 0 Å². The van der Waals surface area contributed by atoms with E-state index in [1.807, 2.05) is 0 Å². The van der Waals surface area contributed by atoms with Gasteiger partial charge in [-0.05, 0) is 11.6 Å². The van der Waals surface area contributed by atoms with Crippen LogP contribution in [0.3, 0.4) is 0 Å². The fraction of sp³-hybridized carbons (Fsp3) is 0.300. The standard InChI is InChI=1S/C10H10BrClO2/c11-9-5-7(10(14)3-4-12)1-2-8(9)6-13/h1-2,5,13H,3-4,6H2. The van der Waals surface area contributed by atoms with Gasteiger partial charge in [-0.15, -0.1) is 11.6 Å². The highest BCUT2D eigenvalue weighted by Gasteiger charge is 2.07. The first-order valence-corrected chi connectivity index (χ1v) is 5.50. The van der Waals surface area contributed by atoms with Gasteiger partial charge in [-0.1, -0.05) is 28.1 Å². The van der Waals surface area contributed by atoms with Crippen molar-refractivity contribution in [1.29, 1.82) is 0 Å². The molecule has 1 aromatic carbocycles. The highest BCUT2D eigenvalue weighted by molar-refractivity contribution is 9.10. The highest BCUT2D eigenvalue weighted by atomic mass is 79.9. The van der Waals surface area contributed by atoms with Gasteiger partial charge in [-0.3, -0.25) is 4.79 Å². The van der Waals surface area contributed by atoms with Crippen molar-refractivity contribution in [2.24, 2.45) is 0 Å². The SMILES string of the molecule is O=C(CCCl)c1ccc(CO)c(Br)c1. The van der Waals surface area contributed by atoms with Gasteiger partial charge in [0.05, 0.1) is 6.61 Å². The lowest BCUT2D eigenvalue weighted by Gasteiger charge is -2.03. The molecule has 14 heavy (non-hydrogen) atoms. The normalized spacial score (nSPS) is 10.2. The highest BCUT2D eigenvalue weighted by Crippen LogP contribution is 2.19. The number of hydrogen-bond acceptors (Lipinski definition) is 2. The first-order chi connectivity index (χ1) is 6.69. The topological polar surface area (TPSA) is 37.3 Å². The Kier molecular flexibility index (Phi) is 4.58. The van der Waals surface area contributed by atoms with Crippen molar-refractivity contribution < 1.29 is 9.90 Å². The zero-order chi connectivity index (χ0) is 10.6. The Morgan fingerprint density at radius 2 is 2.21 bits per heavy atom. The molecule has 2 nitrogen and oxygen atoms in total. The summed E-state index contributed by atoms with van der Waals surface area (Å²) in [4.78, 5) is 11.4. The van der Waals surface area contributed by atoms with E-state index in [4.69, 9.17) is 16.7 Å². The molecule has 4 heteroatoms. The van der Waals surface area contributed by atoms with Crippen LogP contribution < -0.4 is 0 Å². The van der Waals surface area contributed by atoms with Crippen molar-refractivity contribution >= 4 is 33.3 Å². The molecule has 0 bridgehead atoms. The fourth-order valence-electron chi connectivity index (χ4n) is 1.08. The first-order valence-electron chi connectivity index (χ1n) is 4.17. The maximum Gasteiger partial charge on any atom is 0.164 e. The molecular formula is C10H10BrClO2. The maximum absolute atomic E-state index is 11.4. The third-order valence-electron chi connectivity index (χ3n) is 1.87. The summed E-state index contributed by atoms with van der Waals surface area (Å²) >= 11 is 8.75. The molecule has 1 rings (SSSR count). The lowest BCUT2D eigenvalue weighted by atomic mass is 10.1. The predicted octanol–water partition coefficient (Wildman–Crippen LogP) is 2.75. The fourth-order valence-corrected chi connectivity index (χ4v) is 1.75. The van der Waals surface area contributed by atoms with E-state index in [1.165, 1.54) is 0 Å². The minimum absolute atomic E-state index is 0.0187. The molecule has 0 spiro atoms. The molecule has 0 aliphatic heterocycles. The minimum atomic E-state index is -0.0371. The van der Waals surface area contributed by atoms with Crippen LogP contribution in [0.4, 0.5) is 0 Å². The third kappa shape index (κ3) is 2.80. The second kappa shape index (κ2) is 5.49. The number of alkyl halides is 1. The minimum Gasteiger partial charge on any atom is -0.392 e. The second-order valence-corrected chi connectivity index (χ2v) is 4.06. The molecule has 0 amide bonds. The van der Waals surface area contributed by atoms with Crippen LogP contribution in [0.15, 0.2) is 22.7 Å². The van der Waals surface area contributed by atoms with Crippen LogP contribution in [0.25, 0.3) is 0 Å². The number of halogens is 2. The van der Waals surface area contributed by atoms with E-state index in [2.05, 4.69) is 15.9 Å². The number of aliphatic hydroxyl groups is 1. The number of carbonyl (C=O) groups is 1. The van der Waals surface area contributed by atoms with E-state index >= 15 is 0 Å². The van der Waals surface area contributed by atoms with Gasteiger partial charge < -0.3 is 5.11 Å². The number of hydrogen-bond donors (Lipinski definition) is 1. The van der Waals surface area contributed by atoms with Crippen LogP contribution in [0.5, 0.6) is 0 Å². The lowest BCUT2D eigenvalue weighted by Crippen LogP contribution is -2.00. The second-order valence-electron chi connectivity index (χ2n) is 2.83. The summed E-state index contributed by atoms with van der Waals surface area (Å²) in [5.41, 5.74) is 1.39. The Bertz CT molecular complexity index is 339. The van der Waals surface area contributed by atoms with Gasteiger partial charge in [0.15, 0.2) is 5.78 Å². The van der Waals surface area contributed by atoms with Gasteiger partial charge in [0.25, 0.3) is 0 Å². The van der Waals surface area contributed by atoms with Gasteiger partial charge in [-0.2, -0.15) is 0 Å². The van der Waals surface area contributed by atoms with Crippen LogP contribution in [-0.2, 0) is 6.61 Å². The Morgan fingerprint density at radius 1 is 1.50 bits per heavy atom. The van der Waals surface area contributed by atoms with Crippen LogP contribution in [-0.4, -0.2) is 16.8 Å². The van der Waals surface area contributed by atoms with Gasteiger partial charge in [0.1, 0.15) is 0 Å². The summed E-state index contributed by atoms with van der Waals surface area (Å²) in [5, 5.41) is 8.92. The van der Waals surface area contributed by atoms with Crippen LogP contribution in [0.2, 0.25) is 0 Å². The predicted molar refractivity (Wildman–Crippen MR) is 59.7 cm³/mol. The average Bonchev–Trinajstić information content (AvgIpc) is 2.18. The largest absolute Gasteiger partial charge is 0.392 e. The van der Waals surface area contributed by atoms with Gasteiger partial charge in [0.2, 0.25) is 0 Å². The van der Waals surface area contributed by atoms with E-state index in [0.717, 1.165) is 10.0 Å². The average molecular weight is 278 g/mol. The molecule has 0 heterocycles. The van der Waals surface area contributed by atoms with E-state index in [1.54, 1.807) is 18.2 Å². The van der Waals surface area contributed by atoms with Crippen molar-refractivity contribution in [3.8, 4) is 0 Å². The van der Waals surface area contributed by atoms with Crippen molar-refractivity contribution in [2.45, 2.75) is 13.0 Å². The molecular weight excluding hydrogens is 267 g/mol. The number of benzene rings is 1. The molecule has 0 aromatic heterocycles. The summed E-state index contributed by atoms with van der Waals surface area (Å²) in [6.07, 6.45) is 0.340. The molecule has 0 radical (unpaired) electrons. The molecule has 0 aliphatic rings. The Morgan fingerprint density at radius 3 is 2.71 bits per heavy atom. The monoisotopic (exact) mass is 276 g/mol. The molecule has 1 aromatic rings. The summed E-state index contributed by atoms with van der Waals surface area (Å²) in [5.74, 6) is 0.350. The van der Waals surface area contributed by atoms with Crippen LogP contribution in [0, 0.1) is 0 Å². The Balaban J connectivity index is 2.91. The molecule has 0 unspecified atom stereocenters. The molecule has 1 N–H and O–H groups in total. The van der Waals surface area contributed by atoms with Crippen molar-refractivity contribution in [1.82, 2.24) is 0 Å². The molecule has 76 valence electrons. The molecule has 0 saturated carbocycles. The van der Waals surface area contributed by atoms with Gasteiger partial charge >= 0.3 is 0 Å². The van der Waals surface area contributed by atoms with E-state index in [-0.39, 0.29) is 12.4 Å². The summed E-state index contributed by atoms with van der Waals surface area (Å²) in [6.45, 7) is -0.0371. The zero-order valence-electron chi connectivity index (χ0n) is 7.46. The quantitative estimate of drug-likeness (QED) is 0.679. The summed E-state index contributed by atoms with van der Waals surface area (Å²) in [6, 6.07) is 5.14. The van der Waals surface area contributed by atoms with Crippen molar-refractivity contribution in [3.63, 3.8) is 0 Å². The summed E-state index contributed by atoms with van der Waals surface area (Å²) in [7, 11) is 0. The number of ketones is 1. The molecule has 0 saturated heterocycles. The van der Waals surface area contributed by atoms with E-state index in [9.17, 15) is 4.79 Å². The van der Waals surface area contributed by atoms with Gasteiger partial charge in [-0.25, -0.2) is 0 Å². The Hall–Kier alpha value is -0.380. The molecule has 0 fully saturated rings. The van der Waals surface area contributed by atoms with Crippen LogP contribution >= 0.6 is 27.5 Å². The Labute approximate surface area is 96.0 Å². The van der Waals surface area contributed by atoms with Crippen molar-refractivity contribution in [3.05, 3.63) is 33.8 Å². The first kappa shape index (κ1) is 11.7. The van der Waals surface area contributed by atoms with Crippen molar-refractivity contribution in [2.75, 3.05) is 5.88 Å². The zero-order valence-corrected chi connectivity index (χ0v) is 9.81.